The number of hydrogen-bond donors (Lipinski definition) is 3. The standard InChI is InChI=1S/C26H27N3O3S2/c1-26(2)10-9-20-18(14-26)22(24(30)31)23(33-20)15-3-6-17(7-4-15)32-12-11-28-25-29-19-8-5-16(27)13-21(19)34-25/h3-8,13H,9-12,14,27H2,1-2H3,(H,28,29)(H,30,31). The fraction of sp³-hybridized carbons (Fsp3) is 0.308. The van der Waals surface area contributed by atoms with E-state index >= 15 is 0 Å². The molecule has 2 aromatic heterocycles. The molecule has 34 heavy (non-hydrogen) atoms. The molecule has 2 heterocycles. The monoisotopic (exact) mass is 493 g/mol. The summed E-state index contributed by atoms with van der Waals surface area (Å²) in [6.07, 6.45) is 2.85. The molecule has 176 valence electrons. The second kappa shape index (κ2) is 8.92. The fourth-order valence-corrected chi connectivity index (χ4v) is 6.65. The van der Waals surface area contributed by atoms with Crippen LogP contribution < -0.4 is 15.8 Å². The van der Waals surface area contributed by atoms with Gasteiger partial charge in [-0.1, -0.05) is 25.2 Å². The number of nitrogens with two attached hydrogens (primary N) is 1. The van der Waals surface area contributed by atoms with Crippen LogP contribution in [0.1, 0.15) is 41.1 Å². The smallest absolute Gasteiger partial charge is 0.337 e. The van der Waals surface area contributed by atoms with Gasteiger partial charge in [0.1, 0.15) is 12.4 Å². The van der Waals surface area contributed by atoms with Gasteiger partial charge in [-0.25, -0.2) is 9.78 Å². The number of thiophene rings is 1. The highest BCUT2D eigenvalue weighted by atomic mass is 32.1. The highest BCUT2D eigenvalue weighted by Crippen LogP contribution is 2.45. The number of aromatic nitrogens is 1. The minimum atomic E-state index is -0.839. The lowest BCUT2D eigenvalue weighted by molar-refractivity contribution is 0.0696. The zero-order valence-electron chi connectivity index (χ0n) is 19.2. The Labute approximate surface area is 206 Å². The van der Waals surface area contributed by atoms with E-state index in [0.717, 1.165) is 62.1 Å². The van der Waals surface area contributed by atoms with Crippen LogP contribution >= 0.6 is 22.7 Å². The Balaban J connectivity index is 1.23. The Morgan fingerprint density at radius 3 is 2.76 bits per heavy atom. The van der Waals surface area contributed by atoms with E-state index in [9.17, 15) is 9.90 Å². The van der Waals surface area contributed by atoms with Crippen molar-refractivity contribution in [2.24, 2.45) is 5.41 Å². The number of aromatic carboxylic acids is 1. The molecule has 8 heteroatoms. The lowest BCUT2D eigenvalue weighted by Gasteiger charge is -2.29. The van der Waals surface area contributed by atoms with Gasteiger partial charge in [0.2, 0.25) is 0 Å². The van der Waals surface area contributed by atoms with E-state index in [1.165, 1.54) is 4.88 Å². The van der Waals surface area contributed by atoms with Gasteiger partial charge in [-0.2, -0.15) is 0 Å². The minimum Gasteiger partial charge on any atom is -0.492 e. The van der Waals surface area contributed by atoms with Crippen molar-refractivity contribution in [1.82, 2.24) is 4.98 Å². The number of anilines is 2. The van der Waals surface area contributed by atoms with Crippen LogP contribution in [0.5, 0.6) is 5.75 Å². The van der Waals surface area contributed by atoms with Gasteiger partial charge < -0.3 is 20.9 Å². The fourth-order valence-electron chi connectivity index (χ4n) is 4.40. The lowest BCUT2D eigenvalue weighted by atomic mass is 9.76. The molecule has 0 aliphatic heterocycles. The maximum atomic E-state index is 12.1. The summed E-state index contributed by atoms with van der Waals surface area (Å²) in [7, 11) is 0. The van der Waals surface area contributed by atoms with E-state index in [4.69, 9.17) is 10.5 Å². The van der Waals surface area contributed by atoms with Gasteiger partial charge in [0.25, 0.3) is 0 Å². The first-order chi connectivity index (χ1) is 16.3. The number of carbonyl (C=O) groups is 1. The van der Waals surface area contributed by atoms with Gasteiger partial charge in [0.05, 0.1) is 22.3 Å². The number of nitrogens with one attached hydrogen (secondary N) is 1. The van der Waals surface area contributed by atoms with Crippen LogP contribution in [0.3, 0.4) is 0 Å². The first-order valence-electron chi connectivity index (χ1n) is 11.3. The summed E-state index contributed by atoms with van der Waals surface area (Å²) < 4.78 is 6.93. The number of benzene rings is 2. The van der Waals surface area contributed by atoms with Crippen LogP contribution in [-0.2, 0) is 12.8 Å². The van der Waals surface area contributed by atoms with E-state index < -0.39 is 5.97 Å². The molecule has 1 aliphatic carbocycles. The highest BCUT2D eigenvalue weighted by molar-refractivity contribution is 7.22. The molecule has 0 unspecified atom stereocenters. The van der Waals surface area contributed by atoms with Crippen molar-refractivity contribution >= 4 is 49.7 Å². The Kier molecular flexibility index (Phi) is 5.95. The maximum absolute atomic E-state index is 12.1. The molecule has 0 fully saturated rings. The van der Waals surface area contributed by atoms with E-state index in [2.05, 4.69) is 24.1 Å². The summed E-state index contributed by atoms with van der Waals surface area (Å²) in [5.41, 5.74) is 10.1. The van der Waals surface area contributed by atoms with E-state index in [-0.39, 0.29) is 5.41 Å². The Morgan fingerprint density at radius 2 is 2.00 bits per heavy atom. The minimum absolute atomic E-state index is 0.139. The summed E-state index contributed by atoms with van der Waals surface area (Å²) in [5, 5.41) is 14.1. The summed E-state index contributed by atoms with van der Waals surface area (Å²) in [6, 6.07) is 13.4. The first kappa shape index (κ1) is 22.7. The summed E-state index contributed by atoms with van der Waals surface area (Å²) in [4.78, 5) is 18.8. The van der Waals surface area contributed by atoms with Gasteiger partial charge in [-0.05, 0) is 78.3 Å². The summed E-state index contributed by atoms with van der Waals surface area (Å²) in [5.74, 6) is -0.0870. The normalized spacial score (nSPS) is 14.6. The highest BCUT2D eigenvalue weighted by Gasteiger charge is 2.32. The first-order valence-corrected chi connectivity index (χ1v) is 12.9. The quantitative estimate of drug-likeness (QED) is 0.206. The van der Waals surface area contributed by atoms with Crippen molar-refractivity contribution in [3.05, 3.63) is 58.5 Å². The van der Waals surface area contributed by atoms with Crippen molar-refractivity contribution in [3.8, 4) is 16.2 Å². The second-order valence-corrected chi connectivity index (χ2v) is 11.5. The molecule has 0 saturated carbocycles. The van der Waals surface area contributed by atoms with Crippen LogP contribution in [0, 0.1) is 5.41 Å². The Bertz CT molecular complexity index is 1360. The van der Waals surface area contributed by atoms with Crippen LogP contribution in [0.4, 0.5) is 10.8 Å². The van der Waals surface area contributed by atoms with Crippen molar-refractivity contribution < 1.29 is 14.6 Å². The molecular weight excluding hydrogens is 466 g/mol. The Morgan fingerprint density at radius 1 is 1.21 bits per heavy atom. The topological polar surface area (TPSA) is 97.5 Å². The van der Waals surface area contributed by atoms with E-state index in [1.54, 1.807) is 22.7 Å². The predicted molar refractivity (Wildman–Crippen MR) is 141 cm³/mol. The molecule has 5 rings (SSSR count). The number of thiazole rings is 1. The van der Waals surface area contributed by atoms with Gasteiger partial charge in [0, 0.05) is 15.4 Å². The van der Waals surface area contributed by atoms with Crippen LogP contribution in [0.2, 0.25) is 0 Å². The van der Waals surface area contributed by atoms with Crippen molar-refractivity contribution in [1.29, 1.82) is 0 Å². The molecule has 0 radical (unpaired) electrons. The SMILES string of the molecule is CC1(C)CCc2sc(-c3ccc(OCCNc4nc5ccc(N)cc5s4)cc3)c(C(=O)O)c2C1. The number of nitrogens with zero attached hydrogens (tertiary/aromatic N) is 1. The average molecular weight is 494 g/mol. The van der Waals surface area contributed by atoms with Crippen LogP contribution in [0.25, 0.3) is 20.7 Å². The molecule has 1 aliphatic rings. The van der Waals surface area contributed by atoms with Crippen molar-refractivity contribution in [3.63, 3.8) is 0 Å². The number of nitrogen functional groups attached to an aromatic ring is 1. The number of carboxylic acids is 1. The van der Waals surface area contributed by atoms with Gasteiger partial charge >= 0.3 is 5.97 Å². The zero-order valence-corrected chi connectivity index (χ0v) is 20.8. The third kappa shape index (κ3) is 4.60. The van der Waals surface area contributed by atoms with Crippen LogP contribution in [-0.4, -0.2) is 29.2 Å². The molecule has 4 aromatic rings. The third-order valence-electron chi connectivity index (χ3n) is 6.16. The van der Waals surface area contributed by atoms with Crippen molar-refractivity contribution in [2.75, 3.05) is 24.2 Å². The summed E-state index contributed by atoms with van der Waals surface area (Å²) >= 11 is 3.19. The van der Waals surface area contributed by atoms with Crippen LogP contribution in [0.15, 0.2) is 42.5 Å². The zero-order chi connectivity index (χ0) is 23.9. The number of aryl methyl sites for hydroxylation is 1. The average Bonchev–Trinajstić information content (AvgIpc) is 3.36. The largest absolute Gasteiger partial charge is 0.492 e. The van der Waals surface area contributed by atoms with Gasteiger partial charge in [0.15, 0.2) is 5.13 Å². The Hall–Kier alpha value is -3.10. The summed E-state index contributed by atoms with van der Waals surface area (Å²) in [6.45, 7) is 5.53. The molecule has 2 aromatic carbocycles. The van der Waals surface area contributed by atoms with E-state index in [1.807, 2.05) is 42.5 Å². The predicted octanol–water partition coefficient (Wildman–Crippen LogP) is 6.31. The van der Waals surface area contributed by atoms with Crippen molar-refractivity contribution in [2.45, 2.75) is 33.1 Å². The maximum Gasteiger partial charge on any atom is 0.337 e. The molecule has 4 N–H and O–H groups in total. The number of rotatable bonds is 7. The molecule has 0 spiro atoms. The molecule has 0 amide bonds. The number of ether oxygens (including phenoxy) is 1. The molecule has 0 atom stereocenters. The number of carboxylic acid groups (broad SMARTS) is 1. The third-order valence-corrected chi connectivity index (χ3v) is 8.48. The van der Waals surface area contributed by atoms with Gasteiger partial charge in [-0.3, -0.25) is 0 Å². The van der Waals surface area contributed by atoms with Gasteiger partial charge in [-0.15, -0.1) is 11.3 Å². The lowest BCUT2D eigenvalue weighted by Crippen LogP contribution is -2.22. The number of fused-ring (bicyclic) bond motifs is 2. The molecular formula is C26H27N3O3S2. The molecule has 0 bridgehead atoms. The number of hydrogen-bond acceptors (Lipinski definition) is 7. The molecule has 0 saturated heterocycles. The molecule has 6 nitrogen and oxygen atoms in total. The van der Waals surface area contributed by atoms with E-state index in [0.29, 0.717) is 18.7 Å². The second-order valence-electron chi connectivity index (χ2n) is 9.40.